The molecule has 1 saturated heterocycles. The molecule has 0 spiro atoms. The fourth-order valence-electron chi connectivity index (χ4n) is 3.22. The third-order valence-corrected chi connectivity index (χ3v) is 5.57. The summed E-state index contributed by atoms with van der Waals surface area (Å²) in [5, 5.41) is 13.7. The Kier molecular flexibility index (Phi) is 4.38. The number of benzene rings is 2. The van der Waals surface area contributed by atoms with E-state index >= 15 is 0 Å². The molecule has 3 aromatic rings. The van der Waals surface area contributed by atoms with Crippen molar-refractivity contribution in [1.29, 1.82) is 0 Å². The number of nitrogens with zero attached hydrogens (tertiary/aromatic N) is 1. The normalized spacial score (nSPS) is 14.8. The molecule has 1 aromatic heterocycles. The van der Waals surface area contributed by atoms with Gasteiger partial charge < -0.3 is 20.3 Å². The summed E-state index contributed by atoms with van der Waals surface area (Å²) in [6.45, 7) is 3.98. The van der Waals surface area contributed by atoms with Crippen molar-refractivity contribution >= 4 is 34.3 Å². The Hall–Kier alpha value is -2.44. The van der Waals surface area contributed by atoms with E-state index in [1.165, 1.54) is 10.6 Å². The monoisotopic (exact) mass is 353 g/mol. The van der Waals surface area contributed by atoms with Gasteiger partial charge in [0.1, 0.15) is 0 Å². The third-order valence-electron chi connectivity index (χ3n) is 4.45. The van der Waals surface area contributed by atoms with Crippen LogP contribution in [0.5, 0.6) is 0 Å². The number of piperazine rings is 1. The minimum atomic E-state index is -0.912. The zero-order chi connectivity index (χ0) is 17.2. The molecular weight excluding hydrogens is 334 g/mol. The van der Waals surface area contributed by atoms with Gasteiger partial charge in [-0.05, 0) is 18.2 Å². The molecule has 0 unspecified atom stereocenters. The van der Waals surface area contributed by atoms with Crippen molar-refractivity contribution in [3.8, 4) is 0 Å². The van der Waals surface area contributed by atoms with Crippen molar-refractivity contribution < 1.29 is 9.90 Å². The summed E-state index contributed by atoms with van der Waals surface area (Å²) in [5.74, 6) is -0.912. The number of carboxylic acids is 1. The maximum absolute atomic E-state index is 11.4. The largest absolute Gasteiger partial charge is 0.478 e. The molecule has 0 radical (unpaired) electrons. The number of aromatic amines is 1. The van der Waals surface area contributed by atoms with Crippen LogP contribution in [-0.4, -0.2) is 42.2 Å². The van der Waals surface area contributed by atoms with Crippen LogP contribution < -0.4 is 10.2 Å². The lowest BCUT2D eigenvalue weighted by atomic mass is 10.1. The highest BCUT2D eigenvalue weighted by Crippen LogP contribution is 2.39. The Bertz CT molecular complexity index is 916. The first kappa shape index (κ1) is 16.1. The Morgan fingerprint density at radius 3 is 2.64 bits per heavy atom. The maximum Gasteiger partial charge on any atom is 0.337 e. The molecule has 0 amide bonds. The molecule has 0 aliphatic carbocycles. The standard InChI is InChI=1S/C19H19N3O2S/c23-19(24)14-5-3-4-13-17(12-21-18(13)14)25-16-7-2-1-6-15(16)22-10-8-20-9-11-22/h1-7,12,20-21H,8-11H2,(H,23,24). The second-order valence-corrected chi connectivity index (χ2v) is 7.08. The molecule has 0 saturated carbocycles. The third kappa shape index (κ3) is 3.10. The average molecular weight is 353 g/mol. The van der Waals surface area contributed by atoms with Gasteiger partial charge in [0.25, 0.3) is 0 Å². The van der Waals surface area contributed by atoms with Crippen LogP contribution in [0.15, 0.2) is 58.5 Å². The number of aromatic nitrogens is 1. The molecule has 0 atom stereocenters. The van der Waals surface area contributed by atoms with Crippen molar-refractivity contribution in [2.75, 3.05) is 31.1 Å². The summed E-state index contributed by atoms with van der Waals surface area (Å²) < 4.78 is 0. The van der Waals surface area contributed by atoms with Gasteiger partial charge in [0.2, 0.25) is 0 Å². The fraction of sp³-hybridized carbons (Fsp3) is 0.211. The molecule has 25 heavy (non-hydrogen) atoms. The molecule has 5 nitrogen and oxygen atoms in total. The van der Waals surface area contributed by atoms with E-state index in [9.17, 15) is 9.90 Å². The van der Waals surface area contributed by atoms with Crippen LogP contribution in [0.3, 0.4) is 0 Å². The van der Waals surface area contributed by atoms with Gasteiger partial charge in [0.15, 0.2) is 0 Å². The van der Waals surface area contributed by atoms with Gasteiger partial charge in [0.05, 0.1) is 16.8 Å². The highest BCUT2D eigenvalue weighted by atomic mass is 32.2. The van der Waals surface area contributed by atoms with Crippen molar-refractivity contribution in [1.82, 2.24) is 10.3 Å². The van der Waals surface area contributed by atoms with Gasteiger partial charge in [-0.2, -0.15) is 0 Å². The highest BCUT2D eigenvalue weighted by Gasteiger charge is 2.17. The van der Waals surface area contributed by atoms with Crippen LogP contribution in [0.2, 0.25) is 0 Å². The summed E-state index contributed by atoms with van der Waals surface area (Å²) in [7, 11) is 0. The summed E-state index contributed by atoms with van der Waals surface area (Å²) >= 11 is 1.68. The number of aromatic carboxylic acids is 1. The summed E-state index contributed by atoms with van der Waals surface area (Å²) in [6, 6.07) is 13.8. The topological polar surface area (TPSA) is 68.4 Å². The highest BCUT2D eigenvalue weighted by molar-refractivity contribution is 7.99. The molecule has 1 fully saturated rings. The van der Waals surface area contributed by atoms with Gasteiger partial charge in [-0.15, -0.1) is 0 Å². The SMILES string of the molecule is O=C(O)c1cccc2c(Sc3ccccc3N3CCNCC3)c[nH]c12. The smallest absolute Gasteiger partial charge is 0.337 e. The fourth-order valence-corrected chi connectivity index (χ4v) is 4.30. The first-order valence-electron chi connectivity index (χ1n) is 8.30. The van der Waals surface area contributed by atoms with Crippen LogP contribution >= 0.6 is 11.8 Å². The van der Waals surface area contributed by atoms with E-state index in [0.29, 0.717) is 11.1 Å². The Balaban J connectivity index is 1.70. The predicted octanol–water partition coefficient (Wildman–Crippen LogP) is 3.43. The first-order valence-corrected chi connectivity index (χ1v) is 9.11. The van der Waals surface area contributed by atoms with Crippen molar-refractivity contribution in [3.05, 3.63) is 54.2 Å². The van der Waals surface area contributed by atoms with E-state index in [0.717, 1.165) is 36.5 Å². The van der Waals surface area contributed by atoms with E-state index in [1.807, 2.05) is 18.3 Å². The van der Waals surface area contributed by atoms with E-state index in [1.54, 1.807) is 23.9 Å². The number of hydrogen-bond acceptors (Lipinski definition) is 4. The summed E-state index contributed by atoms with van der Waals surface area (Å²) in [5.41, 5.74) is 2.22. The van der Waals surface area contributed by atoms with Crippen molar-refractivity contribution in [2.24, 2.45) is 0 Å². The van der Waals surface area contributed by atoms with Crippen LogP contribution in [0.1, 0.15) is 10.4 Å². The predicted molar refractivity (Wildman–Crippen MR) is 101 cm³/mol. The molecule has 1 aliphatic rings. The quantitative estimate of drug-likeness (QED) is 0.670. The number of anilines is 1. The molecule has 2 heterocycles. The lowest BCUT2D eigenvalue weighted by Gasteiger charge is -2.30. The minimum absolute atomic E-state index is 0.305. The van der Waals surface area contributed by atoms with Gasteiger partial charge in [-0.1, -0.05) is 36.0 Å². The molecular formula is C19H19N3O2S. The minimum Gasteiger partial charge on any atom is -0.478 e. The lowest BCUT2D eigenvalue weighted by Crippen LogP contribution is -2.43. The van der Waals surface area contributed by atoms with E-state index in [2.05, 4.69) is 33.4 Å². The first-order chi connectivity index (χ1) is 12.2. The van der Waals surface area contributed by atoms with E-state index in [-0.39, 0.29) is 0 Å². The maximum atomic E-state index is 11.4. The van der Waals surface area contributed by atoms with Crippen LogP contribution in [0.4, 0.5) is 5.69 Å². The Labute approximate surface area is 150 Å². The number of para-hydroxylation sites is 2. The zero-order valence-corrected chi connectivity index (χ0v) is 14.5. The molecule has 4 rings (SSSR count). The van der Waals surface area contributed by atoms with Crippen LogP contribution in [0.25, 0.3) is 10.9 Å². The number of hydrogen-bond donors (Lipinski definition) is 3. The number of carboxylic acid groups (broad SMARTS) is 1. The van der Waals surface area contributed by atoms with Gasteiger partial charge in [-0.3, -0.25) is 0 Å². The molecule has 1 aliphatic heterocycles. The second kappa shape index (κ2) is 6.82. The molecule has 6 heteroatoms. The summed E-state index contributed by atoms with van der Waals surface area (Å²) in [4.78, 5) is 19.2. The number of fused-ring (bicyclic) bond motifs is 1. The van der Waals surface area contributed by atoms with Gasteiger partial charge in [-0.25, -0.2) is 4.79 Å². The molecule has 128 valence electrons. The molecule has 3 N–H and O–H groups in total. The Morgan fingerprint density at radius 1 is 1.04 bits per heavy atom. The molecule has 2 aromatic carbocycles. The zero-order valence-electron chi connectivity index (χ0n) is 13.7. The number of carbonyl (C=O) groups is 1. The van der Waals surface area contributed by atoms with Crippen molar-refractivity contribution in [3.63, 3.8) is 0 Å². The second-order valence-electron chi connectivity index (χ2n) is 5.99. The average Bonchev–Trinajstić information content (AvgIpc) is 3.06. The van der Waals surface area contributed by atoms with E-state index in [4.69, 9.17) is 0 Å². The summed E-state index contributed by atoms with van der Waals surface area (Å²) in [6.07, 6.45) is 1.90. The van der Waals surface area contributed by atoms with Gasteiger partial charge in [0, 0.05) is 47.6 Å². The number of nitrogens with one attached hydrogen (secondary N) is 2. The number of rotatable bonds is 4. The van der Waals surface area contributed by atoms with Crippen LogP contribution in [-0.2, 0) is 0 Å². The van der Waals surface area contributed by atoms with Crippen molar-refractivity contribution in [2.45, 2.75) is 9.79 Å². The molecule has 0 bridgehead atoms. The van der Waals surface area contributed by atoms with Gasteiger partial charge >= 0.3 is 5.97 Å². The van der Waals surface area contributed by atoms with Crippen LogP contribution in [0, 0.1) is 0 Å². The van der Waals surface area contributed by atoms with E-state index < -0.39 is 5.97 Å². The lowest BCUT2D eigenvalue weighted by molar-refractivity contribution is 0.0699. The number of H-pyrrole nitrogens is 1. The Morgan fingerprint density at radius 2 is 1.84 bits per heavy atom.